The topological polar surface area (TPSA) is 113 Å². The number of amides is 2. The Balaban J connectivity index is 1.10. The number of nitrogens with one attached hydrogen (secondary N) is 2. The summed E-state index contributed by atoms with van der Waals surface area (Å²) in [6.45, 7) is 3.68. The Morgan fingerprint density at radius 3 is 2.25 bits per heavy atom. The van der Waals surface area contributed by atoms with Gasteiger partial charge in [0.1, 0.15) is 11.9 Å². The van der Waals surface area contributed by atoms with Gasteiger partial charge in [-0.2, -0.15) is 5.26 Å². The molecular formula is C28H38N4O4. The lowest BCUT2D eigenvalue weighted by Crippen LogP contribution is -2.53. The second kappa shape index (κ2) is 9.91. The van der Waals surface area contributed by atoms with Crippen LogP contribution in [-0.2, 0) is 19.1 Å². The summed E-state index contributed by atoms with van der Waals surface area (Å²) in [7, 11) is 0. The third-order valence-electron chi connectivity index (χ3n) is 9.32. The van der Waals surface area contributed by atoms with E-state index >= 15 is 0 Å². The van der Waals surface area contributed by atoms with Crippen LogP contribution >= 0.6 is 0 Å². The molecule has 0 spiro atoms. The first kappa shape index (κ1) is 24.9. The molecule has 0 radical (unpaired) electrons. The quantitative estimate of drug-likeness (QED) is 0.523. The number of nitrogens with zero attached hydrogens (tertiary/aromatic N) is 2. The fraction of sp³-hybridized carbons (Fsp3) is 0.714. The van der Waals surface area contributed by atoms with Gasteiger partial charge in [0.25, 0.3) is 5.91 Å². The number of anilines is 1. The third-order valence-corrected chi connectivity index (χ3v) is 9.32. The summed E-state index contributed by atoms with van der Waals surface area (Å²) in [5.74, 6) is 1.68. The molecule has 5 fully saturated rings. The van der Waals surface area contributed by atoms with Crippen LogP contribution in [0.4, 0.5) is 5.82 Å². The molecule has 6 rings (SSSR count). The van der Waals surface area contributed by atoms with Crippen molar-refractivity contribution in [1.29, 1.82) is 5.26 Å². The van der Waals surface area contributed by atoms with Crippen LogP contribution < -0.4 is 10.6 Å². The number of carbonyl (C=O) groups excluding carboxylic acids is 3. The predicted octanol–water partition coefficient (Wildman–Crippen LogP) is 4.30. The molecule has 5 aliphatic rings. The van der Waals surface area contributed by atoms with Gasteiger partial charge >= 0.3 is 5.97 Å². The highest BCUT2D eigenvalue weighted by molar-refractivity contribution is 5.94. The van der Waals surface area contributed by atoms with E-state index in [0.717, 1.165) is 56.2 Å². The maximum atomic E-state index is 13.0. The first-order valence-corrected chi connectivity index (χ1v) is 13.6. The van der Waals surface area contributed by atoms with E-state index in [9.17, 15) is 19.6 Å². The fourth-order valence-electron chi connectivity index (χ4n) is 7.95. The summed E-state index contributed by atoms with van der Waals surface area (Å²) < 4.78 is 7.26. The molecule has 0 saturated heterocycles. The van der Waals surface area contributed by atoms with Crippen molar-refractivity contribution >= 4 is 23.6 Å². The summed E-state index contributed by atoms with van der Waals surface area (Å²) in [4.78, 5) is 37.9. The van der Waals surface area contributed by atoms with Crippen LogP contribution in [0.1, 0.15) is 93.5 Å². The lowest BCUT2D eigenvalue weighted by Gasteiger charge is -2.55. The molecule has 5 aliphatic carbocycles. The first-order chi connectivity index (χ1) is 17.3. The van der Waals surface area contributed by atoms with E-state index in [1.54, 1.807) is 0 Å². The summed E-state index contributed by atoms with van der Waals surface area (Å²) in [5.41, 5.74) is 2.08. The van der Waals surface area contributed by atoms with Crippen molar-refractivity contribution in [3.8, 4) is 6.07 Å². The van der Waals surface area contributed by atoms with Crippen molar-refractivity contribution in [2.75, 3.05) is 18.5 Å². The highest BCUT2D eigenvalue weighted by Crippen LogP contribution is 2.60. The molecule has 1 aromatic rings. The molecule has 8 heteroatoms. The van der Waals surface area contributed by atoms with E-state index in [1.165, 1.54) is 19.3 Å². The van der Waals surface area contributed by atoms with Gasteiger partial charge in [-0.05, 0) is 88.5 Å². The first-order valence-electron chi connectivity index (χ1n) is 13.6. The highest BCUT2D eigenvalue weighted by Gasteiger charge is 2.54. The third kappa shape index (κ3) is 4.65. The van der Waals surface area contributed by atoms with Gasteiger partial charge in [0.15, 0.2) is 6.61 Å². The zero-order valence-corrected chi connectivity index (χ0v) is 21.5. The molecule has 2 amide bonds. The van der Waals surface area contributed by atoms with Crippen molar-refractivity contribution in [1.82, 2.24) is 9.88 Å². The van der Waals surface area contributed by atoms with Gasteiger partial charge < -0.3 is 19.9 Å². The van der Waals surface area contributed by atoms with Crippen LogP contribution in [0, 0.1) is 48.3 Å². The molecule has 5 saturated carbocycles. The number of ether oxygens (including phenoxy) is 1. The van der Waals surface area contributed by atoms with Crippen LogP contribution in [0.2, 0.25) is 0 Å². The molecule has 36 heavy (non-hydrogen) atoms. The number of nitriles is 1. The normalized spacial score (nSPS) is 28.6. The summed E-state index contributed by atoms with van der Waals surface area (Å²) in [6, 6.07) is 2.49. The van der Waals surface area contributed by atoms with E-state index in [2.05, 4.69) is 21.3 Å². The highest BCUT2D eigenvalue weighted by atomic mass is 16.5. The molecule has 0 aliphatic heterocycles. The Morgan fingerprint density at radius 1 is 1.06 bits per heavy atom. The van der Waals surface area contributed by atoms with Gasteiger partial charge in [-0.1, -0.05) is 12.8 Å². The Bertz CT molecular complexity index is 1060. The lowest BCUT2D eigenvalue weighted by atomic mass is 9.49. The molecule has 0 atom stereocenters. The van der Waals surface area contributed by atoms with Crippen molar-refractivity contribution in [2.45, 2.75) is 90.5 Å². The van der Waals surface area contributed by atoms with Gasteiger partial charge in [-0.15, -0.1) is 0 Å². The molecule has 194 valence electrons. The van der Waals surface area contributed by atoms with Crippen molar-refractivity contribution in [2.24, 2.45) is 23.2 Å². The van der Waals surface area contributed by atoms with E-state index < -0.39 is 18.5 Å². The zero-order chi connectivity index (χ0) is 25.4. The van der Waals surface area contributed by atoms with Crippen LogP contribution in [0.25, 0.3) is 0 Å². The predicted molar refractivity (Wildman–Crippen MR) is 134 cm³/mol. The number of carbonyl (C=O) groups is 3. The Morgan fingerprint density at radius 2 is 1.67 bits per heavy atom. The van der Waals surface area contributed by atoms with Gasteiger partial charge in [0.2, 0.25) is 5.91 Å². The molecule has 8 nitrogen and oxygen atoms in total. The SMILES string of the molecule is Cc1c(C#N)c(NC(=O)COC(=O)CCNC(=O)C23CC4CC(CC(C4)C2)C3)n(C2CCCC2)c1C. The van der Waals surface area contributed by atoms with Gasteiger partial charge in [-0.3, -0.25) is 14.4 Å². The van der Waals surface area contributed by atoms with Crippen LogP contribution in [0.15, 0.2) is 0 Å². The maximum absolute atomic E-state index is 13.0. The van der Waals surface area contributed by atoms with E-state index in [4.69, 9.17) is 4.74 Å². The lowest BCUT2D eigenvalue weighted by molar-refractivity contribution is -0.148. The summed E-state index contributed by atoms with van der Waals surface area (Å²) in [5, 5.41) is 15.5. The fourth-order valence-corrected chi connectivity index (χ4v) is 7.95. The Kier molecular flexibility index (Phi) is 6.84. The molecular weight excluding hydrogens is 456 g/mol. The second-order valence-corrected chi connectivity index (χ2v) is 11.8. The van der Waals surface area contributed by atoms with Gasteiger partial charge in [-0.25, -0.2) is 0 Å². The smallest absolute Gasteiger partial charge is 0.308 e. The van der Waals surface area contributed by atoms with Gasteiger partial charge in [0.05, 0.1) is 12.0 Å². The second-order valence-electron chi connectivity index (χ2n) is 11.8. The molecule has 1 heterocycles. The number of aromatic nitrogens is 1. The maximum Gasteiger partial charge on any atom is 0.308 e. The standard InChI is InChI=1S/C28H38N4O4/c1-17-18(2)32(22-5-3-4-6-22)26(23(17)15-29)31-24(33)16-36-25(34)7-8-30-27(35)28-12-19-9-20(13-28)11-21(10-19)14-28/h19-22H,3-14,16H2,1-2H3,(H,30,35)(H,31,33). The average molecular weight is 495 g/mol. The number of rotatable bonds is 8. The summed E-state index contributed by atoms with van der Waals surface area (Å²) in [6.07, 6.45) is 11.1. The van der Waals surface area contributed by atoms with Crippen molar-refractivity contribution < 1.29 is 19.1 Å². The monoisotopic (exact) mass is 494 g/mol. The molecule has 2 N–H and O–H groups in total. The van der Waals surface area contributed by atoms with Gasteiger partial charge in [0, 0.05) is 23.7 Å². The van der Waals surface area contributed by atoms with E-state index in [-0.39, 0.29) is 30.3 Å². The number of hydrogen-bond donors (Lipinski definition) is 2. The van der Waals surface area contributed by atoms with E-state index in [0.29, 0.717) is 29.1 Å². The largest absolute Gasteiger partial charge is 0.456 e. The minimum Gasteiger partial charge on any atom is -0.456 e. The minimum atomic E-state index is -0.519. The molecule has 4 bridgehead atoms. The molecule has 0 aromatic carbocycles. The zero-order valence-electron chi connectivity index (χ0n) is 21.5. The van der Waals surface area contributed by atoms with Crippen molar-refractivity contribution in [3.63, 3.8) is 0 Å². The summed E-state index contributed by atoms with van der Waals surface area (Å²) >= 11 is 0. The minimum absolute atomic E-state index is 0.0332. The van der Waals surface area contributed by atoms with E-state index in [1.807, 2.05) is 13.8 Å². The molecule has 1 aromatic heterocycles. The van der Waals surface area contributed by atoms with Crippen molar-refractivity contribution in [3.05, 3.63) is 16.8 Å². The van der Waals surface area contributed by atoms with Crippen LogP contribution in [0.3, 0.4) is 0 Å². The van der Waals surface area contributed by atoms with Crippen LogP contribution in [-0.4, -0.2) is 35.5 Å². The number of hydrogen-bond acceptors (Lipinski definition) is 5. The molecule has 0 unspecified atom stereocenters. The Labute approximate surface area is 213 Å². The Hall–Kier alpha value is -2.82. The average Bonchev–Trinajstić information content (AvgIpc) is 3.43. The van der Waals surface area contributed by atoms with Crippen LogP contribution in [0.5, 0.6) is 0 Å². The number of esters is 1.